The van der Waals surface area contributed by atoms with Gasteiger partial charge in [0.15, 0.2) is 0 Å². The number of hydrogen-bond donors (Lipinski definition) is 3. The highest BCUT2D eigenvalue weighted by Gasteiger charge is 2.11. The number of benzene rings is 1. The lowest BCUT2D eigenvalue weighted by Crippen LogP contribution is -2.38. The number of nitrogens with zero attached hydrogens (tertiary/aromatic N) is 1. The van der Waals surface area contributed by atoms with Gasteiger partial charge >= 0.3 is 5.63 Å². The number of fused-ring (bicyclic) bond motifs is 1. The molecule has 0 aliphatic rings. The Morgan fingerprint density at radius 3 is 2.81 bits per heavy atom. The molecule has 1 heterocycles. The van der Waals surface area contributed by atoms with Crippen molar-refractivity contribution in [1.29, 1.82) is 0 Å². The van der Waals surface area contributed by atoms with E-state index in [2.05, 4.69) is 15.8 Å². The van der Waals surface area contributed by atoms with E-state index in [1.807, 2.05) is 0 Å². The molecule has 0 unspecified atom stereocenters. The van der Waals surface area contributed by atoms with Gasteiger partial charge in [0.05, 0.1) is 5.39 Å². The Morgan fingerprint density at radius 2 is 2.10 bits per heavy atom. The molecule has 1 amide bonds. The van der Waals surface area contributed by atoms with Crippen LogP contribution in [0.3, 0.4) is 0 Å². The third-order valence-corrected chi connectivity index (χ3v) is 2.68. The van der Waals surface area contributed by atoms with Gasteiger partial charge in [0.2, 0.25) is 11.0 Å². The molecule has 0 bridgehead atoms. The zero-order chi connectivity index (χ0) is 15.4. The Bertz CT molecular complexity index is 798. The summed E-state index contributed by atoms with van der Waals surface area (Å²) in [6.45, 7) is 1.29. The first-order chi connectivity index (χ1) is 9.99. The number of carbonyl (C=O) groups is 1. The van der Waals surface area contributed by atoms with E-state index < -0.39 is 5.63 Å². The number of thiocarbonyl (C=S) groups is 1. The molecule has 3 N–H and O–H groups in total. The highest BCUT2D eigenvalue weighted by Crippen LogP contribution is 2.24. The molecule has 0 fully saturated rings. The summed E-state index contributed by atoms with van der Waals surface area (Å²) in [6.07, 6.45) is 1.07. The molecule has 0 radical (unpaired) electrons. The number of hydrogen-bond acceptors (Lipinski definition) is 5. The normalized spacial score (nSPS) is 10.7. The highest BCUT2D eigenvalue weighted by atomic mass is 32.1. The Kier molecular flexibility index (Phi) is 4.29. The molecule has 0 aliphatic heterocycles. The van der Waals surface area contributed by atoms with Crippen LogP contribution in [0.4, 0.5) is 0 Å². The zero-order valence-corrected chi connectivity index (χ0v) is 11.7. The monoisotopic (exact) mass is 305 g/mol. The summed E-state index contributed by atoms with van der Waals surface area (Å²) in [5.74, 6) is -0.589. The smallest absolute Gasteiger partial charge is 0.348 e. The second-order valence-corrected chi connectivity index (χ2v) is 4.40. The second kappa shape index (κ2) is 6.14. The number of aliphatic imine (C=N–C) groups is 1. The number of para-hydroxylation sites is 1. The summed E-state index contributed by atoms with van der Waals surface area (Å²) in [4.78, 5) is 26.2. The highest BCUT2D eigenvalue weighted by molar-refractivity contribution is 7.80. The summed E-state index contributed by atoms with van der Waals surface area (Å²) < 4.78 is 5.06. The minimum atomic E-state index is -0.739. The molecule has 8 heteroatoms. The van der Waals surface area contributed by atoms with Crippen molar-refractivity contribution in [2.75, 3.05) is 0 Å². The molecule has 0 spiro atoms. The molecule has 2 rings (SSSR count). The van der Waals surface area contributed by atoms with Gasteiger partial charge < -0.3 is 9.52 Å². The van der Waals surface area contributed by atoms with Gasteiger partial charge in [0, 0.05) is 13.1 Å². The Morgan fingerprint density at radius 1 is 1.38 bits per heavy atom. The molecule has 0 saturated carbocycles. The van der Waals surface area contributed by atoms with E-state index in [-0.39, 0.29) is 27.9 Å². The van der Waals surface area contributed by atoms with E-state index in [9.17, 15) is 14.7 Å². The Balaban J connectivity index is 2.32. The minimum absolute atomic E-state index is 0.0721. The van der Waals surface area contributed by atoms with Gasteiger partial charge in [-0.3, -0.25) is 15.6 Å². The van der Waals surface area contributed by atoms with Gasteiger partial charge in [-0.2, -0.15) is 0 Å². The lowest BCUT2D eigenvalue weighted by Gasteiger charge is -2.04. The Labute approximate surface area is 124 Å². The van der Waals surface area contributed by atoms with Gasteiger partial charge in [-0.15, -0.1) is 0 Å². The van der Waals surface area contributed by atoms with Gasteiger partial charge in [0.25, 0.3) is 0 Å². The van der Waals surface area contributed by atoms with Crippen LogP contribution in [0.15, 0.2) is 38.5 Å². The molecule has 108 valence electrons. The average molecular weight is 305 g/mol. The van der Waals surface area contributed by atoms with Crippen LogP contribution in [0.25, 0.3) is 11.0 Å². The fraction of sp³-hybridized carbons (Fsp3) is 0.0769. The van der Waals surface area contributed by atoms with Crippen LogP contribution in [0, 0.1) is 0 Å². The van der Waals surface area contributed by atoms with Gasteiger partial charge in [-0.25, -0.2) is 9.79 Å². The molecule has 7 nitrogen and oxygen atoms in total. The molecule has 1 aromatic heterocycles. The van der Waals surface area contributed by atoms with Gasteiger partial charge in [-0.05, 0) is 24.4 Å². The number of hydrazine groups is 1. The third kappa shape index (κ3) is 3.42. The summed E-state index contributed by atoms with van der Waals surface area (Å²) in [7, 11) is 0. The molecular formula is C13H11N3O4S. The Hall–Kier alpha value is -2.74. The maximum absolute atomic E-state index is 11.8. The lowest BCUT2D eigenvalue weighted by atomic mass is 10.1. The van der Waals surface area contributed by atoms with Crippen LogP contribution in [0.1, 0.15) is 12.5 Å². The SMILES string of the molecule is CC(=O)NNC(=S)/N=C/c1c(O)c2ccccc2oc1=O. The van der Waals surface area contributed by atoms with Crippen molar-refractivity contribution in [3.63, 3.8) is 0 Å². The zero-order valence-electron chi connectivity index (χ0n) is 10.9. The molecule has 21 heavy (non-hydrogen) atoms. The van der Waals surface area contributed by atoms with E-state index in [1.54, 1.807) is 24.3 Å². The summed E-state index contributed by atoms with van der Waals surface area (Å²) in [6, 6.07) is 6.57. The van der Waals surface area contributed by atoms with E-state index in [0.29, 0.717) is 5.39 Å². The fourth-order valence-electron chi connectivity index (χ4n) is 1.56. The van der Waals surface area contributed by atoms with Gasteiger partial charge in [0.1, 0.15) is 16.9 Å². The first-order valence-electron chi connectivity index (χ1n) is 5.84. The lowest BCUT2D eigenvalue weighted by molar-refractivity contribution is -0.119. The van der Waals surface area contributed by atoms with E-state index in [1.165, 1.54) is 6.92 Å². The fourth-order valence-corrected chi connectivity index (χ4v) is 1.66. The van der Waals surface area contributed by atoms with Gasteiger partial charge in [-0.1, -0.05) is 12.1 Å². The standard InChI is InChI=1S/C13H11N3O4S/c1-7(17)15-16-13(21)14-6-9-11(18)8-4-2-3-5-10(8)20-12(9)19/h2-6,18H,1H3,(H,15,17)(H,16,21)/b14-6+. The van der Waals surface area contributed by atoms with E-state index >= 15 is 0 Å². The predicted molar refractivity (Wildman–Crippen MR) is 81.3 cm³/mol. The van der Waals surface area contributed by atoms with Crippen molar-refractivity contribution in [3.05, 3.63) is 40.2 Å². The van der Waals surface area contributed by atoms with E-state index in [0.717, 1.165) is 6.21 Å². The molecule has 0 aliphatic carbocycles. The third-order valence-electron chi connectivity index (χ3n) is 2.48. The predicted octanol–water partition coefficient (Wildman–Crippen LogP) is 0.843. The van der Waals surface area contributed by atoms with Crippen molar-refractivity contribution in [2.45, 2.75) is 6.92 Å². The molecule has 2 aromatic rings. The van der Waals surface area contributed by atoms with Crippen LogP contribution in [-0.2, 0) is 4.79 Å². The quantitative estimate of drug-likeness (QED) is 0.312. The number of carbonyl (C=O) groups excluding carboxylic acids is 1. The van der Waals surface area contributed by atoms with Crippen LogP contribution in [-0.4, -0.2) is 22.3 Å². The van der Waals surface area contributed by atoms with Crippen molar-refractivity contribution in [3.8, 4) is 5.75 Å². The van der Waals surface area contributed by atoms with Crippen LogP contribution >= 0.6 is 12.2 Å². The number of nitrogens with one attached hydrogen (secondary N) is 2. The minimum Gasteiger partial charge on any atom is -0.506 e. The second-order valence-electron chi connectivity index (χ2n) is 4.02. The maximum Gasteiger partial charge on any atom is 0.348 e. The van der Waals surface area contributed by atoms with Crippen LogP contribution < -0.4 is 16.5 Å². The topological polar surface area (TPSA) is 104 Å². The average Bonchev–Trinajstić information content (AvgIpc) is 2.45. The van der Waals surface area contributed by atoms with Crippen LogP contribution in [0.2, 0.25) is 0 Å². The van der Waals surface area contributed by atoms with Crippen LogP contribution in [0.5, 0.6) is 5.75 Å². The summed E-state index contributed by atoms with van der Waals surface area (Å²) in [5, 5.41) is 10.4. The number of amides is 1. The number of aromatic hydroxyl groups is 1. The van der Waals surface area contributed by atoms with E-state index in [4.69, 9.17) is 16.6 Å². The molecular weight excluding hydrogens is 294 g/mol. The molecule has 1 aromatic carbocycles. The van der Waals surface area contributed by atoms with Crippen molar-refractivity contribution in [2.24, 2.45) is 4.99 Å². The summed E-state index contributed by atoms with van der Waals surface area (Å²) >= 11 is 4.82. The van der Waals surface area contributed by atoms with Crippen molar-refractivity contribution < 1.29 is 14.3 Å². The molecule has 0 saturated heterocycles. The first-order valence-corrected chi connectivity index (χ1v) is 6.25. The van der Waals surface area contributed by atoms with Crippen molar-refractivity contribution >= 4 is 40.4 Å². The largest absolute Gasteiger partial charge is 0.506 e. The first kappa shape index (κ1) is 14.7. The van der Waals surface area contributed by atoms with Crippen molar-refractivity contribution in [1.82, 2.24) is 10.9 Å². The summed E-state index contributed by atoms with van der Waals surface area (Å²) in [5.41, 5.74) is 3.99. The molecule has 0 atom stereocenters. The number of rotatable bonds is 1. The maximum atomic E-state index is 11.8.